The van der Waals surface area contributed by atoms with Crippen molar-refractivity contribution in [3.63, 3.8) is 0 Å². The molecular weight excluding hydrogens is 382 g/mol. The van der Waals surface area contributed by atoms with E-state index >= 15 is 0 Å². The number of thiophene rings is 1. The molecule has 0 amide bonds. The van der Waals surface area contributed by atoms with Gasteiger partial charge < -0.3 is 9.64 Å². The van der Waals surface area contributed by atoms with Gasteiger partial charge in [-0.25, -0.2) is 9.97 Å². The smallest absolute Gasteiger partial charge is 0.309 e. The molecule has 1 saturated heterocycles. The number of benzene rings is 1. The summed E-state index contributed by atoms with van der Waals surface area (Å²) >= 11 is 7.66. The Balaban J connectivity index is 1.64. The summed E-state index contributed by atoms with van der Waals surface area (Å²) in [4.78, 5) is 24.3. The van der Waals surface area contributed by atoms with Gasteiger partial charge in [0.05, 0.1) is 17.9 Å². The average molecular weight is 402 g/mol. The predicted octanol–water partition coefficient (Wildman–Crippen LogP) is 4.79. The molecule has 0 radical (unpaired) electrons. The number of hydrogen-bond donors (Lipinski definition) is 0. The average Bonchev–Trinajstić information content (AvgIpc) is 3.13. The first-order valence-corrected chi connectivity index (χ1v) is 10.3. The number of aromatic nitrogens is 2. The lowest BCUT2D eigenvalue weighted by Crippen LogP contribution is -2.37. The van der Waals surface area contributed by atoms with E-state index in [1.807, 2.05) is 31.2 Å². The minimum absolute atomic E-state index is 0.0169. The van der Waals surface area contributed by atoms with Crippen molar-refractivity contribution in [1.82, 2.24) is 9.97 Å². The normalized spacial score (nSPS) is 15.3. The third kappa shape index (κ3) is 3.64. The molecule has 2 aromatic heterocycles. The number of halogens is 1. The second kappa shape index (κ2) is 7.82. The van der Waals surface area contributed by atoms with Gasteiger partial charge in [0.1, 0.15) is 17.0 Å². The third-order valence-corrected chi connectivity index (χ3v) is 6.06. The molecule has 0 atom stereocenters. The van der Waals surface area contributed by atoms with Gasteiger partial charge in [0, 0.05) is 29.1 Å². The molecule has 0 unspecified atom stereocenters. The maximum atomic E-state index is 12.0. The summed E-state index contributed by atoms with van der Waals surface area (Å²) in [6, 6.07) is 7.84. The number of anilines is 1. The minimum Gasteiger partial charge on any atom is -0.466 e. The van der Waals surface area contributed by atoms with Crippen LogP contribution in [-0.2, 0) is 9.53 Å². The Bertz CT molecular complexity index is 950. The SMILES string of the molecule is CCOC(=O)C1CCN(c2ncnc3scc(-c4ccc(Cl)cc4)c23)CC1. The molecule has 1 fully saturated rings. The highest BCUT2D eigenvalue weighted by Crippen LogP contribution is 2.39. The van der Waals surface area contributed by atoms with Crippen LogP contribution in [0.3, 0.4) is 0 Å². The zero-order valence-corrected chi connectivity index (χ0v) is 16.6. The molecule has 3 heterocycles. The Morgan fingerprint density at radius 3 is 2.70 bits per heavy atom. The second-order valence-corrected chi connectivity index (χ2v) is 7.84. The van der Waals surface area contributed by atoms with Crippen molar-refractivity contribution < 1.29 is 9.53 Å². The summed E-state index contributed by atoms with van der Waals surface area (Å²) in [7, 11) is 0. The van der Waals surface area contributed by atoms with Gasteiger partial charge in [-0.3, -0.25) is 4.79 Å². The van der Waals surface area contributed by atoms with Crippen LogP contribution in [0.5, 0.6) is 0 Å². The molecule has 0 spiro atoms. The van der Waals surface area contributed by atoms with Crippen molar-refractivity contribution in [2.24, 2.45) is 5.92 Å². The fourth-order valence-electron chi connectivity index (χ4n) is 3.53. The first-order chi connectivity index (χ1) is 13.2. The van der Waals surface area contributed by atoms with Gasteiger partial charge in [-0.2, -0.15) is 0 Å². The van der Waals surface area contributed by atoms with Gasteiger partial charge in [-0.15, -0.1) is 11.3 Å². The van der Waals surface area contributed by atoms with E-state index in [0.717, 1.165) is 58.1 Å². The molecule has 4 rings (SSSR count). The molecule has 0 aliphatic carbocycles. The van der Waals surface area contributed by atoms with Crippen molar-refractivity contribution in [2.45, 2.75) is 19.8 Å². The summed E-state index contributed by atoms with van der Waals surface area (Å²) in [5.41, 5.74) is 2.22. The van der Waals surface area contributed by atoms with Gasteiger partial charge in [0.25, 0.3) is 0 Å². The molecule has 7 heteroatoms. The predicted molar refractivity (Wildman–Crippen MR) is 109 cm³/mol. The van der Waals surface area contributed by atoms with Crippen LogP contribution in [-0.4, -0.2) is 35.6 Å². The maximum absolute atomic E-state index is 12.0. The van der Waals surface area contributed by atoms with Gasteiger partial charge in [-0.05, 0) is 37.5 Å². The quantitative estimate of drug-likeness (QED) is 0.588. The number of esters is 1. The molecule has 140 valence electrons. The van der Waals surface area contributed by atoms with Crippen molar-refractivity contribution >= 4 is 44.9 Å². The number of nitrogens with zero attached hydrogens (tertiary/aromatic N) is 3. The zero-order valence-electron chi connectivity index (χ0n) is 15.0. The molecule has 0 bridgehead atoms. The number of carbonyl (C=O) groups excluding carboxylic acids is 1. The van der Waals surface area contributed by atoms with Crippen molar-refractivity contribution in [2.75, 3.05) is 24.6 Å². The monoisotopic (exact) mass is 401 g/mol. The number of rotatable bonds is 4. The number of piperidine rings is 1. The zero-order chi connectivity index (χ0) is 18.8. The van der Waals surface area contributed by atoms with E-state index < -0.39 is 0 Å². The van der Waals surface area contributed by atoms with Crippen LogP contribution in [0.2, 0.25) is 5.02 Å². The van der Waals surface area contributed by atoms with E-state index in [2.05, 4.69) is 20.2 Å². The highest BCUT2D eigenvalue weighted by atomic mass is 35.5. The summed E-state index contributed by atoms with van der Waals surface area (Å²) in [5.74, 6) is 0.840. The largest absolute Gasteiger partial charge is 0.466 e. The van der Waals surface area contributed by atoms with Crippen LogP contribution >= 0.6 is 22.9 Å². The summed E-state index contributed by atoms with van der Waals surface area (Å²) in [6.07, 6.45) is 3.19. The molecule has 1 aliphatic rings. The summed E-state index contributed by atoms with van der Waals surface area (Å²) in [5, 5.41) is 3.91. The molecular formula is C20H20ClN3O2S. The maximum Gasteiger partial charge on any atom is 0.309 e. The van der Waals surface area contributed by atoms with E-state index in [9.17, 15) is 4.79 Å². The fraction of sp³-hybridized carbons (Fsp3) is 0.350. The number of ether oxygens (including phenoxy) is 1. The molecule has 27 heavy (non-hydrogen) atoms. The minimum atomic E-state index is -0.0811. The van der Waals surface area contributed by atoms with Crippen LogP contribution in [0.4, 0.5) is 5.82 Å². The lowest BCUT2D eigenvalue weighted by Gasteiger charge is -2.32. The van der Waals surface area contributed by atoms with Crippen LogP contribution in [0, 0.1) is 5.92 Å². The van der Waals surface area contributed by atoms with E-state index in [0.29, 0.717) is 6.61 Å². The Morgan fingerprint density at radius 1 is 1.26 bits per heavy atom. The van der Waals surface area contributed by atoms with Crippen molar-refractivity contribution in [3.05, 3.63) is 41.0 Å². The van der Waals surface area contributed by atoms with E-state index in [-0.39, 0.29) is 11.9 Å². The summed E-state index contributed by atoms with van der Waals surface area (Å²) < 4.78 is 5.17. The number of hydrogen-bond acceptors (Lipinski definition) is 6. The molecule has 1 aromatic carbocycles. The Hall–Kier alpha value is -2.18. The van der Waals surface area contributed by atoms with Crippen molar-refractivity contribution in [1.29, 1.82) is 0 Å². The molecule has 5 nitrogen and oxygen atoms in total. The molecule has 0 saturated carbocycles. The Kier molecular flexibility index (Phi) is 5.27. The highest BCUT2D eigenvalue weighted by molar-refractivity contribution is 7.17. The Morgan fingerprint density at radius 2 is 2.00 bits per heavy atom. The standard InChI is InChI=1S/C20H20ClN3O2S/c1-2-26-20(25)14-7-9-24(10-8-14)18-17-16(11-27-19(17)23-12-22-18)13-3-5-15(21)6-4-13/h3-6,11-12,14H,2,7-10H2,1H3. The topological polar surface area (TPSA) is 55.3 Å². The van der Waals surface area contributed by atoms with Crippen molar-refractivity contribution in [3.8, 4) is 11.1 Å². The number of carbonyl (C=O) groups is 1. The Labute approximate surface area is 167 Å². The van der Waals surface area contributed by atoms with Gasteiger partial charge >= 0.3 is 5.97 Å². The van der Waals surface area contributed by atoms with Crippen LogP contribution in [0.25, 0.3) is 21.3 Å². The highest BCUT2D eigenvalue weighted by Gasteiger charge is 2.28. The van der Waals surface area contributed by atoms with E-state index in [1.54, 1.807) is 17.7 Å². The third-order valence-electron chi connectivity index (χ3n) is 4.92. The van der Waals surface area contributed by atoms with Crippen LogP contribution in [0.1, 0.15) is 19.8 Å². The number of fused-ring (bicyclic) bond motifs is 1. The second-order valence-electron chi connectivity index (χ2n) is 6.55. The lowest BCUT2D eigenvalue weighted by molar-refractivity contribution is -0.148. The fourth-order valence-corrected chi connectivity index (χ4v) is 4.56. The first-order valence-electron chi connectivity index (χ1n) is 9.07. The van der Waals surface area contributed by atoms with E-state index in [4.69, 9.17) is 16.3 Å². The van der Waals surface area contributed by atoms with Gasteiger partial charge in [0.2, 0.25) is 0 Å². The molecule has 1 aliphatic heterocycles. The van der Waals surface area contributed by atoms with E-state index in [1.165, 1.54) is 0 Å². The first kappa shape index (κ1) is 18.2. The van der Waals surface area contributed by atoms with Crippen LogP contribution in [0.15, 0.2) is 36.0 Å². The lowest BCUT2D eigenvalue weighted by atomic mass is 9.96. The molecule has 0 N–H and O–H groups in total. The summed E-state index contributed by atoms with van der Waals surface area (Å²) in [6.45, 7) is 3.85. The van der Waals surface area contributed by atoms with Gasteiger partial charge in [0.15, 0.2) is 0 Å². The van der Waals surface area contributed by atoms with Crippen LogP contribution < -0.4 is 4.90 Å². The molecule has 3 aromatic rings. The van der Waals surface area contributed by atoms with Gasteiger partial charge in [-0.1, -0.05) is 23.7 Å².